The van der Waals surface area contributed by atoms with E-state index < -0.39 is 12.1 Å². The predicted molar refractivity (Wildman–Crippen MR) is 237 cm³/mol. The molecule has 0 bridgehead atoms. The minimum absolute atomic E-state index is 0.105. The molecule has 0 heterocycles. The third kappa shape index (κ3) is 44.2. The van der Waals surface area contributed by atoms with E-state index >= 15 is 0 Å². The van der Waals surface area contributed by atoms with Crippen LogP contribution in [0.5, 0.6) is 0 Å². The molecule has 0 saturated carbocycles. The van der Waals surface area contributed by atoms with Crippen LogP contribution in [0, 0.1) is 0 Å². The van der Waals surface area contributed by atoms with Gasteiger partial charge in [-0.2, -0.15) is 0 Å². The number of allylic oxidation sites excluding steroid dienone is 9. The molecule has 318 valence electrons. The van der Waals surface area contributed by atoms with Crippen molar-refractivity contribution < 1.29 is 24.2 Å². The van der Waals surface area contributed by atoms with Crippen molar-refractivity contribution in [2.24, 2.45) is 0 Å². The van der Waals surface area contributed by atoms with Gasteiger partial charge < -0.3 is 14.6 Å². The molecule has 0 radical (unpaired) electrons. The molecule has 55 heavy (non-hydrogen) atoms. The van der Waals surface area contributed by atoms with Crippen LogP contribution in [-0.4, -0.2) is 36.4 Å². The Balaban J connectivity index is 3.53. The number of unbranched alkanes of at least 4 members (excludes halogenated alkanes) is 25. The Kier molecular flexibility index (Phi) is 44.0. The zero-order valence-corrected chi connectivity index (χ0v) is 36.2. The lowest BCUT2D eigenvalue weighted by atomic mass is 10.0. The van der Waals surface area contributed by atoms with Gasteiger partial charge in [0, 0.05) is 6.42 Å². The van der Waals surface area contributed by atoms with Gasteiger partial charge in [-0.1, -0.05) is 235 Å². The third-order valence-electron chi connectivity index (χ3n) is 10.1. The van der Waals surface area contributed by atoms with E-state index in [-0.39, 0.29) is 25.6 Å². The first-order chi connectivity index (χ1) is 27.1. The lowest BCUT2D eigenvalue weighted by Gasteiger charge is -2.15. The molecule has 0 aromatic carbocycles. The molecule has 0 aromatic heterocycles. The maximum atomic E-state index is 12.1. The van der Waals surface area contributed by atoms with Gasteiger partial charge in [-0.05, 0) is 38.5 Å². The summed E-state index contributed by atoms with van der Waals surface area (Å²) in [7, 11) is 0. The van der Waals surface area contributed by atoms with Crippen LogP contribution in [0.2, 0.25) is 0 Å². The zero-order valence-electron chi connectivity index (χ0n) is 36.2. The fraction of sp³-hybridized carbons (Fsp3) is 0.760. The molecule has 0 aliphatic heterocycles. The van der Waals surface area contributed by atoms with Crippen LogP contribution in [0.1, 0.15) is 226 Å². The number of rotatable bonds is 42. The molecule has 5 nitrogen and oxygen atoms in total. The Morgan fingerprint density at radius 3 is 1.11 bits per heavy atom. The molecule has 0 aliphatic carbocycles. The second-order valence-corrected chi connectivity index (χ2v) is 15.5. The molecule has 0 saturated heterocycles. The Labute approximate surface area is 341 Å². The summed E-state index contributed by atoms with van der Waals surface area (Å²) < 4.78 is 10.5. The highest BCUT2D eigenvalue weighted by Crippen LogP contribution is 2.16. The monoisotopic (exact) mass is 769 g/mol. The highest BCUT2D eigenvalue weighted by Gasteiger charge is 2.15. The van der Waals surface area contributed by atoms with Crippen molar-refractivity contribution in [3.63, 3.8) is 0 Å². The molecule has 0 aliphatic rings. The van der Waals surface area contributed by atoms with E-state index in [4.69, 9.17) is 9.47 Å². The summed E-state index contributed by atoms with van der Waals surface area (Å²) in [6, 6.07) is 0. The fourth-order valence-corrected chi connectivity index (χ4v) is 6.63. The maximum Gasteiger partial charge on any atom is 0.310 e. The number of aliphatic hydroxyl groups excluding tert-OH is 1. The van der Waals surface area contributed by atoms with Crippen LogP contribution in [0.25, 0.3) is 0 Å². The number of carbonyl (C=O) groups is 2. The molecule has 5 heteroatoms. The van der Waals surface area contributed by atoms with Crippen molar-refractivity contribution in [3.05, 3.63) is 60.8 Å². The number of ether oxygens (including phenoxy) is 2. The first kappa shape index (κ1) is 52.6. The van der Waals surface area contributed by atoms with Gasteiger partial charge in [0.05, 0.1) is 13.0 Å². The zero-order chi connectivity index (χ0) is 40.0. The molecule has 1 N–H and O–H groups in total. The Morgan fingerprint density at radius 2 is 0.764 bits per heavy atom. The quantitative estimate of drug-likeness (QED) is 0.0380. The van der Waals surface area contributed by atoms with E-state index in [1.807, 2.05) is 6.08 Å². The van der Waals surface area contributed by atoms with E-state index in [0.29, 0.717) is 6.42 Å². The first-order valence-electron chi connectivity index (χ1n) is 23.3. The van der Waals surface area contributed by atoms with E-state index in [0.717, 1.165) is 51.4 Å². The molecule has 1 atom stereocenters. The lowest BCUT2D eigenvalue weighted by molar-refractivity contribution is -0.160. The second-order valence-electron chi connectivity index (χ2n) is 15.5. The van der Waals surface area contributed by atoms with Crippen molar-refractivity contribution in [2.75, 3.05) is 13.2 Å². The smallest absolute Gasteiger partial charge is 0.310 e. The van der Waals surface area contributed by atoms with Crippen LogP contribution < -0.4 is 0 Å². The fourth-order valence-electron chi connectivity index (χ4n) is 6.63. The Hall–Kier alpha value is -2.40. The molecule has 0 fully saturated rings. The number of aliphatic hydroxyl groups is 1. The van der Waals surface area contributed by atoms with Crippen LogP contribution in [0.3, 0.4) is 0 Å². The summed E-state index contributed by atoms with van der Waals surface area (Å²) in [5.74, 6) is -0.733. The van der Waals surface area contributed by atoms with E-state index in [9.17, 15) is 14.7 Å². The summed E-state index contributed by atoms with van der Waals surface area (Å²) in [6.07, 6.45) is 60.6. The largest absolute Gasteiger partial charge is 0.462 e. The van der Waals surface area contributed by atoms with Gasteiger partial charge in [0.2, 0.25) is 0 Å². The van der Waals surface area contributed by atoms with Crippen molar-refractivity contribution in [2.45, 2.75) is 232 Å². The number of carbonyl (C=O) groups excluding carboxylic acids is 2. The Morgan fingerprint density at radius 1 is 0.436 bits per heavy atom. The van der Waals surface area contributed by atoms with Gasteiger partial charge >= 0.3 is 11.9 Å². The standard InChI is InChI=1S/C50H88O5/c1-3-5-7-9-11-13-15-17-19-20-21-22-23-24-25-26-27-28-29-31-32-34-36-38-40-42-44-49(52)54-47-48(46-51)55-50(53)45-43-41-39-37-35-33-30-18-16-14-12-10-8-6-4-2/h6,8,12,14,18,30,35,37,41,43,48,51H,3-5,7,9-11,13,15-17,19-29,31-34,36,38-40,42,44-47H2,1-2H3/b8-6-,14-12-,30-18-,37-35-,43-41-. The van der Waals surface area contributed by atoms with Crippen LogP contribution in [0.15, 0.2) is 60.8 Å². The maximum absolute atomic E-state index is 12.1. The van der Waals surface area contributed by atoms with Gasteiger partial charge in [0.1, 0.15) is 6.61 Å². The van der Waals surface area contributed by atoms with Crippen LogP contribution in [0.4, 0.5) is 0 Å². The van der Waals surface area contributed by atoms with Crippen molar-refractivity contribution >= 4 is 11.9 Å². The molecule has 0 rings (SSSR count). The number of esters is 2. The van der Waals surface area contributed by atoms with Gasteiger partial charge in [-0.15, -0.1) is 0 Å². The number of hydrogen-bond acceptors (Lipinski definition) is 5. The second kappa shape index (κ2) is 46.0. The summed E-state index contributed by atoms with van der Waals surface area (Å²) >= 11 is 0. The van der Waals surface area contributed by atoms with E-state index in [1.165, 1.54) is 148 Å². The minimum atomic E-state index is -0.826. The summed E-state index contributed by atoms with van der Waals surface area (Å²) in [6.45, 7) is 3.96. The SMILES string of the molecule is CC/C=C\C/C=C\C/C=C\C/C=C\C/C=C\CC(=O)OC(CO)COC(=O)CCCCCCCCCCCCCCCCCCCCCCCCCCCC. The van der Waals surface area contributed by atoms with Crippen LogP contribution in [-0.2, 0) is 19.1 Å². The molecule has 0 aromatic rings. The molecule has 1 unspecified atom stereocenters. The highest BCUT2D eigenvalue weighted by molar-refractivity contribution is 5.71. The van der Waals surface area contributed by atoms with Crippen molar-refractivity contribution in [1.29, 1.82) is 0 Å². The van der Waals surface area contributed by atoms with Gasteiger partial charge in [0.25, 0.3) is 0 Å². The number of hydrogen-bond donors (Lipinski definition) is 1. The highest BCUT2D eigenvalue weighted by atomic mass is 16.6. The van der Waals surface area contributed by atoms with Crippen molar-refractivity contribution in [1.82, 2.24) is 0 Å². The Bertz CT molecular complexity index is 961. The summed E-state index contributed by atoms with van der Waals surface area (Å²) in [5.41, 5.74) is 0. The van der Waals surface area contributed by atoms with E-state index in [2.05, 4.69) is 62.5 Å². The molecular weight excluding hydrogens is 681 g/mol. The van der Waals surface area contributed by atoms with Crippen LogP contribution >= 0.6 is 0 Å². The van der Waals surface area contributed by atoms with Crippen molar-refractivity contribution in [3.8, 4) is 0 Å². The molecule has 0 spiro atoms. The van der Waals surface area contributed by atoms with Gasteiger partial charge in [-0.25, -0.2) is 0 Å². The van der Waals surface area contributed by atoms with Gasteiger partial charge in [-0.3, -0.25) is 9.59 Å². The minimum Gasteiger partial charge on any atom is -0.462 e. The summed E-state index contributed by atoms with van der Waals surface area (Å²) in [4.78, 5) is 24.3. The topological polar surface area (TPSA) is 72.8 Å². The predicted octanol–water partition coefficient (Wildman–Crippen LogP) is 15.1. The average Bonchev–Trinajstić information content (AvgIpc) is 3.19. The lowest BCUT2D eigenvalue weighted by Crippen LogP contribution is -2.28. The molecular formula is C50H88O5. The first-order valence-corrected chi connectivity index (χ1v) is 23.3. The third-order valence-corrected chi connectivity index (χ3v) is 10.1. The van der Waals surface area contributed by atoms with Gasteiger partial charge in [0.15, 0.2) is 6.10 Å². The average molecular weight is 769 g/mol. The summed E-state index contributed by atoms with van der Waals surface area (Å²) in [5, 5.41) is 9.56. The van der Waals surface area contributed by atoms with E-state index in [1.54, 1.807) is 6.08 Å². The normalized spacial score (nSPS) is 12.7. The molecule has 0 amide bonds.